The van der Waals surface area contributed by atoms with Crippen LogP contribution in [0.4, 0.5) is 26.0 Å². The molecule has 3 amide bonds. The summed E-state index contributed by atoms with van der Waals surface area (Å²) in [6.07, 6.45) is 10.4. The van der Waals surface area contributed by atoms with Crippen LogP contribution in [0.25, 0.3) is 22.2 Å². The lowest BCUT2D eigenvalue weighted by Crippen LogP contribution is -2.48. The number of carbonyl (C=O) groups is 4. The number of imide groups is 1. The van der Waals surface area contributed by atoms with Crippen molar-refractivity contribution in [2.45, 2.75) is 63.5 Å². The van der Waals surface area contributed by atoms with Gasteiger partial charge in [-0.25, -0.2) is 18.7 Å². The van der Waals surface area contributed by atoms with Crippen molar-refractivity contribution in [1.82, 2.24) is 39.4 Å². The van der Waals surface area contributed by atoms with Gasteiger partial charge in [-0.1, -0.05) is 6.92 Å². The maximum absolute atomic E-state index is 15.6. The summed E-state index contributed by atoms with van der Waals surface area (Å²) in [5.41, 5.74) is 1.85. The number of aromatic amines is 1. The number of carbonyl (C=O) groups excluding carboxylic acids is 4. The van der Waals surface area contributed by atoms with Gasteiger partial charge >= 0.3 is 10.2 Å². The number of fused-ring (bicyclic) bond motifs is 1. The number of H-pyrrole nitrogens is 1. The number of benzene rings is 1. The number of anilines is 3. The summed E-state index contributed by atoms with van der Waals surface area (Å²) in [6, 6.07) is 10.8. The summed E-state index contributed by atoms with van der Waals surface area (Å²) < 4.78 is 58.8. The lowest BCUT2D eigenvalue weighted by Gasteiger charge is -2.38. The molecular weight excluding hydrogens is 896 g/mol. The van der Waals surface area contributed by atoms with E-state index >= 15 is 8.78 Å². The van der Waals surface area contributed by atoms with E-state index in [2.05, 4.69) is 40.1 Å². The number of pyridine rings is 3. The van der Waals surface area contributed by atoms with Crippen molar-refractivity contribution < 1.29 is 36.4 Å². The Morgan fingerprint density at radius 2 is 1.65 bits per heavy atom. The molecule has 66 heavy (non-hydrogen) atoms. The predicted octanol–water partition coefficient (Wildman–Crippen LogP) is 5.08. The summed E-state index contributed by atoms with van der Waals surface area (Å²) in [5, 5.41) is 5.93. The van der Waals surface area contributed by atoms with Crippen LogP contribution in [0.5, 0.6) is 0 Å². The molecule has 21 heteroatoms. The fraction of sp³-hybridized carbons (Fsp3) is 0.400. The summed E-state index contributed by atoms with van der Waals surface area (Å²) in [7, 11) is -0.850. The van der Waals surface area contributed by atoms with E-state index in [4.69, 9.17) is 4.98 Å². The summed E-state index contributed by atoms with van der Waals surface area (Å²) in [5.74, 6) is -2.95. The van der Waals surface area contributed by atoms with Gasteiger partial charge in [-0.3, -0.25) is 39.1 Å². The Labute approximate surface area is 387 Å². The number of hydrogen-bond acceptors (Lipinski definition) is 12. The van der Waals surface area contributed by atoms with Gasteiger partial charge in [0.15, 0.2) is 5.82 Å². The lowest BCUT2D eigenvalue weighted by molar-refractivity contribution is -0.134. The molecule has 4 aromatic heterocycles. The minimum atomic E-state index is -4.15. The van der Waals surface area contributed by atoms with Gasteiger partial charge in [-0.15, -0.1) is 12.4 Å². The monoisotopic (exact) mass is 947 g/mol. The zero-order chi connectivity index (χ0) is 46.0. The van der Waals surface area contributed by atoms with Gasteiger partial charge in [0.2, 0.25) is 23.5 Å². The highest BCUT2D eigenvalue weighted by molar-refractivity contribution is 7.90. The molecule has 0 spiro atoms. The van der Waals surface area contributed by atoms with Crippen LogP contribution in [0, 0.1) is 11.6 Å². The highest BCUT2D eigenvalue weighted by Gasteiger charge is 2.31. The van der Waals surface area contributed by atoms with Crippen molar-refractivity contribution >= 4 is 74.3 Å². The molecule has 3 aliphatic rings. The molecule has 1 atom stereocenters. The van der Waals surface area contributed by atoms with E-state index in [0.29, 0.717) is 54.6 Å². The van der Waals surface area contributed by atoms with Crippen LogP contribution < -0.4 is 20.3 Å². The Morgan fingerprint density at radius 1 is 0.909 bits per heavy atom. The summed E-state index contributed by atoms with van der Waals surface area (Å²) >= 11 is 0. The molecule has 3 aliphatic heterocycles. The van der Waals surface area contributed by atoms with Crippen LogP contribution in [0.15, 0.2) is 67.3 Å². The third-order valence-electron chi connectivity index (χ3n) is 12.7. The molecule has 0 radical (unpaired) electrons. The molecule has 4 N–H and O–H groups in total. The topological polar surface area (TPSA) is 206 Å². The van der Waals surface area contributed by atoms with Crippen molar-refractivity contribution in [3.8, 4) is 11.1 Å². The van der Waals surface area contributed by atoms with Crippen LogP contribution in [-0.4, -0.2) is 131 Å². The molecule has 0 aliphatic carbocycles. The van der Waals surface area contributed by atoms with Crippen molar-refractivity contribution in [2.24, 2.45) is 0 Å². The number of nitrogens with zero attached hydrogens (tertiary/aromatic N) is 7. The van der Waals surface area contributed by atoms with E-state index in [-0.39, 0.29) is 54.2 Å². The third-order valence-corrected chi connectivity index (χ3v) is 14.2. The van der Waals surface area contributed by atoms with E-state index < -0.39 is 44.9 Å². The molecule has 1 unspecified atom stereocenters. The van der Waals surface area contributed by atoms with Gasteiger partial charge < -0.3 is 20.1 Å². The molecule has 1 aromatic carbocycles. The first-order valence-corrected chi connectivity index (χ1v) is 23.1. The molecule has 350 valence electrons. The number of likely N-dealkylation sites (tertiary alicyclic amines) is 1. The van der Waals surface area contributed by atoms with E-state index in [1.54, 1.807) is 31.6 Å². The first-order chi connectivity index (χ1) is 31.2. The van der Waals surface area contributed by atoms with Gasteiger partial charge in [-0.05, 0) is 81.6 Å². The maximum Gasteiger partial charge on any atom is 0.301 e. The van der Waals surface area contributed by atoms with Crippen molar-refractivity contribution in [2.75, 3.05) is 68.3 Å². The first-order valence-electron chi connectivity index (χ1n) is 21.7. The molecule has 17 nitrogen and oxygen atoms in total. The highest BCUT2D eigenvalue weighted by atomic mass is 35.5. The van der Waals surface area contributed by atoms with Crippen LogP contribution in [0.3, 0.4) is 0 Å². The molecule has 7 heterocycles. The average Bonchev–Trinajstić information content (AvgIpc) is 3.74. The SMILES string of the molecule is CCN(C)S(=O)(=O)Nc1ccc(F)c(C(=O)c2c[nH]c3ncc(-c4ccc(N5CCC(N(C)CC(=O)N6CCC(c7cc(NC8CCC(=O)NC8=O)ccn7)CC6)CC5)nc4)cc23)c1F.Cl. The first kappa shape index (κ1) is 47.9. The fourth-order valence-electron chi connectivity index (χ4n) is 8.65. The number of rotatable bonds is 14. The second-order valence-electron chi connectivity index (χ2n) is 16.8. The zero-order valence-electron chi connectivity index (χ0n) is 36.7. The van der Waals surface area contributed by atoms with Crippen LogP contribution >= 0.6 is 12.4 Å². The Hall–Kier alpha value is -6.09. The Bertz CT molecular complexity index is 2730. The average molecular weight is 948 g/mol. The van der Waals surface area contributed by atoms with Gasteiger partial charge in [0.25, 0.3) is 0 Å². The minimum Gasteiger partial charge on any atom is -0.374 e. The predicted molar refractivity (Wildman–Crippen MR) is 248 cm³/mol. The zero-order valence-corrected chi connectivity index (χ0v) is 38.4. The third kappa shape index (κ3) is 10.3. The van der Waals surface area contributed by atoms with Crippen LogP contribution in [-0.2, 0) is 24.6 Å². The number of nitrogens with one attached hydrogen (secondary N) is 4. The normalized spacial score (nSPS) is 17.5. The van der Waals surface area contributed by atoms with Gasteiger partial charge in [0.05, 0.1) is 17.8 Å². The minimum absolute atomic E-state index is 0. The van der Waals surface area contributed by atoms with Crippen molar-refractivity contribution in [1.29, 1.82) is 0 Å². The molecular formula is C45H52ClF2N11O6S. The Kier molecular flexibility index (Phi) is 14.6. The maximum atomic E-state index is 15.6. The second kappa shape index (κ2) is 20.2. The van der Waals surface area contributed by atoms with E-state index in [1.807, 2.05) is 36.2 Å². The molecule has 8 rings (SSSR count). The van der Waals surface area contributed by atoms with Gasteiger partial charge in [0, 0.05) is 116 Å². The Balaban J connectivity index is 0.00000648. The van der Waals surface area contributed by atoms with Crippen molar-refractivity contribution in [3.05, 3.63) is 95.7 Å². The van der Waals surface area contributed by atoms with Crippen molar-refractivity contribution in [3.63, 3.8) is 0 Å². The molecule has 5 aromatic rings. The Morgan fingerprint density at radius 3 is 2.35 bits per heavy atom. The summed E-state index contributed by atoms with van der Waals surface area (Å²) in [4.78, 5) is 73.8. The number of hydrogen-bond donors (Lipinski definition) is 4. The van der Waals surface area contributed by atoms with Gasteiger partial charge in [0.1, 0.15) is 23.3 Å². The molecule has 3 saturated heterocycles. The largest absolute Gasteiger partial charge is 0.374 e. The van der Waals surface area contributed by atoms with Crippen LogP contribution in [0.2, 0.25) is 0 Å². The number of likely N-dealkylation sites (N-methyl/N-ethyl adjacent to an activating group) is 1. The molecule has 3 fully saturated rings. The number of piperidine rings is 3. The highest BCUT2D eigenvalue weighted by Crippen LogP contribution is 2.32. The molecule has 0 saturated carbocycles. The smallest absolute Gasteiger partial charge is 0.301 e. The van der Waals surface area contributed by atoms with Gasteiger partial charge in [-0.2, -0.15) is 12.7 Å². The number of aromatic nitrogens is 4. The number of amides is 3. The lowest BCUT2D eigenvalue weighted by atomic mass is 9.92. The standard InChI is InChI=1S/C45H51F2N11O6S.ClH/c1-4-56(3)65(63,64)54-35-7-6-34(46)41(42(35)47)43(61)33-25-51-44-32(33)21-29(24-50-44)28-5-9-38(49-23-28)57-19-14-31(15-20-57)55(2)26-40(60)58-17-12-27(13-18-58)37-22-30(11-16-48-37)52-36-8-10-39(59)53-45(36)62;/h5-7,9,11,16,21-25,27,31,36,54H,4,8,10,12-15,17-20,26H2,1-3H3,(H,48,52)(H,50,51)(H,53,59,62);1H. The van der Waals surface area contributed by atoms with E-state index in [1.165, 1.54) is 13.2 Å². The fourth-order valence-corrected chi connectivity index (χ4v) is 9.58. The van der Waals surface area contributed by atoms with E-state index in [9.17, 15) is 27.6 Å². The van der Waals surface area contributed by atoms with Crippen LogP contribution in [0.1, 0.15) is 73.0 Å². The number of halogens is 3. The summed E-state index contributed by atoms with van der Waals surface area (Å²) in [6.45, 7) is 4.80. The number of ketones is 1. The molecule has 0 bridgehead atoms. The quantitative estimate of drug-likeness (QED) is 0.0850. The van der Waals surface area contributed by atoms with E-state index in [0.717, 1.165) is 72.4 Å². The second-order valence-corrected chi connectivity index (χ2v) is 18.5.